The van der Waals surface area contributed by atoms with Crippen molar-refractivity contribution >= 4 is 23.3 Å². The van der Waals surface area contributed by atoms with Crippen LogP contribution in [0.4, 0.5) is 10.5 Å². The molecule has 4 nitrogen and oxygen atoms in total. The topological polar surface area (TPSA) is 53.2 Å². The third-order valence-electron chi connectivity index (χ3n) is 1.74. The molecular weight excluding hydrogens is 214 g/mol. The fourth-order valence-corrected chi connectivity index (χ4v) is 1.23. The van der Waals surface area contributed by atoms with E-state index in [0.717, 1.165) is 6.54 Å². The van der Waals surface area contributed by atoms with Gasteiger partial charge in [0.05, 0.1) is 0 Å². The van der Waals surface area contributed by atoms with Gasteiger partial charge in [0.2, 0.25) is 0 Å². The van der Waals surface area contributed by atoms with Gasteiger partial charge in [0.15, 0.2) is 0 Å². The SMILES string of the molecule is CNCCNC(=O)Nc1cccc(Cl)c1. The van der Waals surface area contributed by atoms with Crippen molar-refractivity contribution in [2.75, 3.05) is 25.5 Å². The van der Waals surface area contributed by atoms with Crippen LogP contribution in [0.3, 0.4) is 0 Å². The summed E-state index contributed by atoms with van der Waals surface area (Å²) in [7, 11) is 1.83. The molecule has 15 heavy (non-hydrogen) atoms. The summed E-state index contributed by atoms with van der Waals surface area (Å²) in [5.74, 6) is 0. The smallest absolute Gasteiger partial charge is 0.319 e. The average molecular weight is 228 g/mol. The van der Waals surface area contributed by atoms with Gasteiger partial charge in [-0.15, -0.1) is 0 Å². The number of nitrogens with one attached hydrogen (secondary N) is 3. The molecule has 0 spiro atoms. The van der Waals surface area contributed by atoms with Gasteiger partial charge in [-0.05, 0) is 25.2 Å². The highest BCUT2D eigenvalue weighted by molar-refractivity contribution is 6.30. The molecule has 0 radical (unpaired) electrons. The maximum absolute atomic E-state index is 11.3. The fourth-order valence-electron chi connectivity index (χ4n) is 1.04. The minimum atomic E-state index is -0.229. The van der Waals surface area contributed by atoms with Gasteiger partial charge in [0, 0.05) is 23.8 Å². The summed E-state index contributed by atoms with van der Waals surface area (Å²) in [6.07, 6.45) is 0. The molecule has 0 aliphatic carbocycles. The van der Waals surface area contributed by atoms with E-state index < -0.39 is 0 Å². The van der Waals surface area contributed by atoms with Crippen molar-refractivity contribution in [3.63, 3.8) is 0 Å². The van der Waals surface area contributed by atoms with Crippen LogP contribution >= 0.6 is 11.6 Å². The van der Waals surface area contributed by atoms with E-state index in [-0.39, 0.29) is 6.03 Å². The van der Waals surface area contributed by atoms with Gasteiger partial charge in [-0.1, -0.05) is 17.7 Å². The Morgan fingerprint density at radius 1 is 1.40 bits per heavy atom. The number of halogens is 1. The molecule has 0 fully saturated rings. The number of carbonyl (C=O) groups excluding carboxylic acids is 1. The molecule has 0 aromatic heterocycles. The number of amides is 2. The Bertz CT molecular complexity index is 330. The lowest BCUT2D eigenvalue weighted by Crippen LogP contribution is -2.33. The number of carbonyl (C=O) groups is 1. The van der Waals surface area contributed by atoms with Gasteiger partial charge in [0.1, 0.15) is 0 Å². The molecule has 1 aromatic carbocycles. The summed E-state index contributed by atoms with van der Waals surface area (Å²) in [5.41, 5.74) is 0.685. The van der Waals surface area contributed by atoms with Crippen LogP contribution in [0.2, 0.25) is 5.02 Å². The zero-order valence-corrected chi connectivity index (χ0v) is 9.27. The minimum absolute atomic E-state index is 0.229. The number of urea groups is 1. The van der Waals surface area contributed by atoms with Crippen LogP contribution in [0.15, 0.2) is 24.3 Å². The maximum Gasteiger partial charge on any atom is 0.319 e. The normalized spacial score (nSPS) is 9.73. The van der Waals surface area contributed by atoms with Crippen molar-refractivity contribution in [1.82, 2.24) is 10.6 Å². The molecule has 82 valence electrons. The molecule has 0 aliphatic heterocycles. The Labute approximate surface area is 94.0 Å². The predicted octanol–water partition coefficient (Wildman–Crippen LogP) is 1.68. The van der Waals surface area contributed by atoms with E-state index in [4.69, 9.17) is 11.6 Å². The van der Waals surface area contributed by atoms with Gasteiger partial charge >= 0.3 is 6.03 Å². The second-order valence-electron chi connectivity index (χ2n) is 2.99. The standard InChI is InChI=1S/C10H14ClN3O/c1-12-5-6-13-10(15)14-9-4-2-3-8(11)7-9/h2-4,7,12H,5-6H2,1H3,(H2,13,14,15). The molecule has 0 unspecified atom stereocenters. The Balaban J connectivity index is 2.37. The zero-order valence-electron chi connectivity index (χ0n) is 8.51. The monoisotopic (exact) mass is 227 g/mol. The molecule has 0 saturated heterocycles. The zero-order chi connectivity index (χ0) is 11.1. The fraction of sp³-hybridized carbons (Fsp3) is 0.300. The first kappa shape index (κ1) is 11.8. The molecule has 0 atom stereocenters. The summed E-state index contributed by atoms with van der Waals surface area (Å²) in [6.45, 7) is 1.33. The van der Waals surface area contributed by atoms with E-state index in [1.807, 2.05) is 7.05 Å². The quantitative estimate of drug-likeness (QED) is 0.686. The lowest BCUT2D eigenvalue weighted by Gasteiger charge is -2.07. The van der Waals surface area contributed by atoms with Crippen LogP contribution < -0.4 is 16.0 Å². The first-order chi connectivity index (χ1) is 7.22. The summed E-state index contributed by atoms with van der Waals surface area (Å²) in [4.78, 5) is 11.3. The number of likely N-dealkylation sites (N-methyl/N-ethyl adjacent to an activating group) is 1. The Hall–Kier alpha value is -1.26. The highest BCUT2D eigenvalue weighted by atomic mass is 35.5. The molecule has 3 N–H and O–H groups in total. The second kappa shape index (κ2) is 6.27. The third-order valence-corrected chi connectivity index (χ3v) is 1.98. The third kappa shape index (κ3) is 4.67. The lowest BCUT2D eigenvalue weighted by atomic mass is 10.3. The van der Waals surface area contributed by atoms with E-state index in [1.54, 1.807) is 24.3 Å². The van der Waals surface area contributed by atoms with Crippen LogP contribution in [0.1, 0.15) is 0 Å². The Morgan fingerprint density at radius 3 is 2.87 bits per heavy atom. The summed E-state index contributed by atoms with van der Waals surface area (Å²) in [5, 5.41) is 8.91. The second-order valence-corrected chi connectivity index (χ2v) is 3.43. The van der Waals surface area contributed by atoms with Gasteiger partial charge in [-0.25, -0.2) is 4.79 Å². The predicted molar refractivity (Wildman–Crippen MR) is 62.4 cm³/mol. The number of hydrogen-bond acceptors (Lipinski definition) is 2. The molecule has 0 aliphatic rings. The van der Waals surface area contributed by atoms with Gasteiger partial charge in [0.25, 0.3) is 0 Å². The lowest BCUT2D eigenvalue weighted by molar-refractivity contribution is 0.252. The van der Waals surface area contributed by atoms with Crippen molar-refractivity contribution in [3.8, 4) is 0 Å². The van der Waals surface area contributed by atoms with E-state index in [2.05, 4.69) is 16.0 Å². The van der Waals surface area contributed by atoms with E-state index in [0.29, 0.717) is 17.3 Å². The summed E-state index contributed by atoms with van der Waals surface area (Å²) in [6, 6.07) is 6.78. The van der Waals surface area contributed by atoms with Crippen LogP contribution in [0.25, 0.3) is 0 Å². The number of benzene rings is 1. The summed E-state index contributed by atoms with van der Waals surface area (Å²) >= 11 is 5.77. The van der Waals surface area contributed by atoms with Crippen molar-refractivity contribution in [2.45, 2.75) is 0 Å². The number of rotatable bonds is 4. The molecular formula is C10H14ClN3O. The van der Waals surface area contributed by atoms with E-state index in [9.17, 15) is 4.79 Å². The Kier molecular flexibility index (Phi) is 4.93. The van der Waals surface area contributed by atoms with Crippen LogP contribution in [0, 0.1) is 0 Å². The molecule has 1 rings (SSSR count). The molecule has 1 aromatic rings. The van der Waals surface area contributed by atoms with Crippen molar-refractivity contribution in [1.29, 1.82) is 0 Å². The molecule has 0 saturated carbocycles. The van der Waals surface area contributed by atoms with Crippen LogP contribution in [0.5, 0.6) is 0 Å². The van der Waals surface area contributed by atoms with Crippen LogP contribution in [-0.2, 0) is 0 Å². The first-order valence-electron chi connectivity index (χ1n) is 4.67. The van der Waals surface area contributed by atoms with Crippen LogP contribution in [-0.4, -0.2) is 26.2 Å². The number of anilines is 1. The minimum Gasteiger partial charge on any atom is -0.337 e. The van der Waals surface area contributed by atoms with Gasteiger partial charge in [-0.2, -0.15) is 0 Å². The Morgan fingerprint density at radius 2 is 2.20 bits per heavy atom. The van der Waals surface area contributed by atoms with Crippen molar-refractivity contribution < 1.29 is 4.79 Å². The highest BCUT2D eigenvalue weighted by Gasteiger charge is 2.00. The van der Waals surface area contributed by atoms with Gasteiger partial charge in [-0.3, -0.25) is 0 Å². The average Bonchev–Trinajstić information content (AvgIpc) is 2.18. The van der Waals surface area contributed by atoms with E-state index in [1.165, 1.54) is 0 Å². The van der Waals surface area contributed by atoms with E-state index >= 15 is 0 Å². The van der Waals surface area contributed by atoms with Crippen molar-refractivity contribution in [3.05, 3.63) is 29.3 Å². The number of hydrogen-bond donors (Lipinski definition) is 3. The maximum atomic E-state index is 11.3. The molecule has 2 amide bonds. The highest BCUT2D eigenvalue weighted by Crippen LogP contribution is 2.14. The van der Waals surface area contributed by atoms with Crippen molar-refractivity contribution in [2.24, 2.45) is 0 Å². The summed E-state index contributed by atoms with van der Waals surface area (Å²) < 4.78 is 0. The van der Waals surface area contributed by atoms with Gasteiger partial charge < -0.3 is 16.0 Å². The molecule has 0 heterocycles. The first-order valence-corrected chi connectivity index (χ1v) is 5.05. The molecule has 5 heteroatoms. The largest absolute Gasteiger partial charge is 0.337 e. The molecule has 0 bridgehead atoms.